The van der Waals surface area contributed by atoms with Crippen molar-refractivity contribution in [3.63, 3.8) is 0 Å². The first-order chi connectivity index (χ1) is 6.11. The lowest BCUT2D eigenvalue weighted by atomic mass is 10.1. The highest BCUT2D eigenvalue weighted by atomic mass is 16.5. The van der Waals surface area contributed by atoms with E-state index in [2.05, 4.69) is 33.8 Å². The fourth-order valence-corrected chi connectivity index (χ4v) is 1.03. The molecule has 0 bridgehead atoms. The molecule has 1 aromatic carbocycles. The quantitative estimate of drug-likeness (QED) is 0.689. The summed E-state index contributed by atoms with van der Waals surface area (Å²) in [6, 6.07) is 8.13. The Morgan fingerprint density at radius 3 is 2.23 bits per heavy atom. The van der Waals surface area contributed by atoms with E-state index in [1.165, 1.54) is 5.56 Å². The number of hydrogen-bond acceptors (Lipinski definition) is 1. The van der Waals surface area contributed by atoms with Crippen LogP contribution in [0.15, 0.2) is 24.3 Å². The van der Waals surface area contributed by atoms with Crippen molar-refractivity contribution >= 4 is 0 Å². The molecule has 1 atom stereocenters. The molecular formula is C12H18O. The summed E-state index contributed by atoms with van der Waals surface area (Å²) in [4.78, 5) is 0. The molecule has 0 aliphatic heterocycles. The number of benzene rings is 1. The molecule has 1 unspecified atom stereocenters. The number of hydrogen-bond donors (Lipinski definition) is 0. The molecule has 0 aliphatic rings. The maximum atomic E-state index is 5.81. The van der Waals surface area contributed by atoms with Gasteiger partial charge in [-0.2, -0.15) is 0 Å². The van der Waals surface area contributed by atoms with Gasteiger partial charge in [0.1, 0.15) is 5.75 Å². The van der Waals surface area contributed by atoms with E-state index in [-0.39, 0.29) is 6.10 Å². The smallest absolute Gasteiger partial charge is 0.122 e. The lowest BCUT2D eigenvalue weighted by molar-refractivity contribution is 0.169. The van der Waals surface area contributed by atoms with Gasteiger partial charge in [0, 0.05) is 0 Å². The van der Waals surface area contributed by atoms with Gasteiger partial charge >= 0.3 is 0 Å². The summed E-state index contributed by atoms with van der Waals surface area (Å²) in [5, 5.41) is 0. The minimum atomic E-state index is 0.279. The van der Waals surface area contributed by atoms with E-state index in [1.807, 2.05) is 18.2 Å². The summed E-state index contributed by atoms with van der Waals surface area (Å²) in [5.74, 6) is 1.56. The van der Waals surface area contributed by atoms with Crippen molar-refractivity contribution in [2.45, 2.75) is 33.8 Å². The molecule has 1 nitrogen and oxygen atoms in total. The third-order valence-corrected chi connectivity index (χ3v) is 2.35. The molecule has 0 radical (unpaired) electrons. The predicted molar refractivity (Wildman–Crippen MR) is 56.1 cm³/mol. The summed E-state index contributed by atoms with van der Waals surface area (Å²) < 4.78 is 5.81. The zero-order valence-electron chi connectivity index (χ0n) is 8.87. The van der Waals surface area contributed by atoms with Crippen LogP contribution in [-0.2, 0) is 0 Å². The lowest BCUT2D eigenvalue weighted by Crippen LogP contribution is -2.18. The Balaban J connectivity index is 2.69. The minimum Gasteiger partial charge on any atom is -0.490 e. The van der Waals surface area contributed by atoms with Crippen LogP contribution in [0.1, 0.15) is 26.3 Å². The monoisotopic (exact) mass is 178 g/mol. The highest BCUT2D eigenvalue weighted by molar-refractivity contribution is 5.31. The maximum absolute atomic E-state index is 5.81. The molecule has 0 amide bonds. The Kier molecular flexibility index (Phi) is 3.35. The van der Waals surface area contributed by atoms with Crippen LogP contribution in [0.25, 0.3) is 0 Å². The molecule has 72 valence electrons. The highest BCUT2D eigenvalue weighted by Gasteiger charge is 2.09. The predicted octanol–water partition coefficient (Wildman–Crippen LogP) is 3.42. The lowest BCUT2D eigenvalue weighted by Gasteiger charge is -2.19. The molecule has 0 heterocycles. The van der Waals surface area contributed by atoms with E-state index in [9.17, 15) is 0 Å². The molecule has 1 rings (SSSR count). The molecular weight excluding hydrogens is 160 g/mol. The second-order valence-electron chi connectivity index (χ2n) is 3.83. The van der Waals surface area contributed by atoms with Crippen molar-refractivity contribution in [1.29, 1.82) is 0 Å². The minimum absolute atomic E-state index is 0.279. The van der Waals surface area contributed by atoms with Gasteiger partial charge in [0.25, 0.3) is 0 Å². The largest absolute Gasteiger partial charge is 0.490 e. The van der Waals surface area contributed by atoms with Crippen LogP contribution >= 0.6 is 0 Å². The van der Waals surface area contributed by atoms with E-state index in [4.69, 9.17) is 4.74 Å². The molecule has 1 heteroatoms. The van der Waals surface area contributed by atoms with Crippen LogP contribution in [0, 0.1) is 12.8 Å². The zero-order chi connectivity index (χ0) is 9.84. The van der Waals surface area contributed by atoms with Crippen molar-refractivity contribution in [1.82, 2.24) is 0 Å². The standard InChI is InChI=1S/C12H18O/c1-9(2)11(4)13-12-8-6-5-7-10(12)3/h5-9,11H,1-4H3. The van der Waals surface area contributed by atoms with Crippen LogP contribution in [0.2, 0.25) is 0 Å². The summed E-state index contributed by atoms with van der Waals surface area (Å²) >= 11 is 0. The summed E-state index contributed by atoms with van der Waals surface area (Å²) in [6.07, 6.45) is 0.279. The van der Waals surface area contributed by atoms with Gasteiger partial charge in [-0.15, -0.1) is 0 Å². The summed E-state index contributed by atoms with van der Waals surface area (Å²) in [7, 11) is 0. The van der Waals surface area contributed by atoms with Gasteiger partial charge in [0.05, 0.1) is 6.10 Å². The number of ether oxygens (including phenoxy) is 1. The van der Waals surface area contributed by atoms with Crippen LogP contribution < -0.4 is 4.74 Å². The fourth-order valence-electron chi connectivity index (χ4n) is 1.03. The first-order valence-corrected chi connectivity index (χ1v) is 4.83. The molecule has 0 spiro atoms. The first-order valence-electron chi connectivity index (χ1n) is 4.83. The van der Waals surface area contributed by atoms with Crippen molar-refractivity contribution in [3.05, 3.63) is 29.8 Å². The zero-order valence-corrected chi connectivity index (χ0v) is 8.87. The molecule has 1 aromatic rings. The molecule has 0 aromatic heterocycles. The first kappa shape index (κ1) is 10.1. The Morgan fingerprint density at radius 1 is 1.08 bits per heavy atom. The highest BCUT2D eigenvalue weighted by Crippen LogP contribution is 2.19. The third-order valence-electron chi connectivity index (χ3n) is 2.35. The van der Waals surface area contributed by atoms with E-state index < -0.39 is 0 Å². The van der Waals surface area contributed by atoms with Gasteiger partial charge in [-0.25, -0.2) is 0 Å². The fraction of sp³-hybridized carbons (Fsp3) is 0.500. The van der Waals surface area contributed by atoms with Crippen molar-refractivity contribution < 1.29 is 4.74 Å². The normalized spacial score (nSPS) is 13.0. The Labute approximate surface area is 80.7 Å². The van der Waals surface area contributed by atoms with Gasteiger partial charge in [-0.1, -0.05) is 32.0 Å². The number of rotatable bonds is 3. The SMILES string of the molecule is Cc1ccccc1OC(C)C(C)C. The third kappa shape index (κ3) is 2.76. The average molecular weight is 178 g/mol. The summed E-state index contributed by atoms with van der Waals surface area (Å²) in [6.45, 7) is 8.52. The van der Waals surface area contributed by atoms with E-state index in [0.29, 0.717) is 5.92 Å². The average Bonchev–Trinajstić information content (AvgIpc) is 2.08. The van der Waals surface area contributed by atoms with Crippen molar-refractivity contribution in [2.75, 3.05) is 0 Å². The van der Waals surface area contributed by atoms with Gasteiger partial charge < -0.3 is 4.74 Å². The van der Waals surface area contributed by atoms with Gasteiger partial charge in [0.2, 0.25) is 0 Å². The molecule has 13 heavy (non-hydrogen) atoms. The topological polar surface area (TPSA) is 9.23 Å². The van der Waals surface area contributed by atoms with Crippen LogP contribution in [-0.4, -0.2) is 6.10 Å². The molecule has 0 saturated heterocycles. The molecule has 0 saturated carbocycles. The van der Waals surface area contributed by atoms with Crippen LogP contribution in [0.4, 0.5) is 0 Å². The van der Waals surface area contributed by atoms with Crippen molar-refractivity contribution in [2.24, 2.45) is 5.92 Å². The van der Waals surface area contributed by atoms with Crippen LogP contribution in [0.5, 0.6) is 5.75 Å². The van der Waals surface area contributed by atoms with Gasteiger partial charge in [0.15, 0.2) is 0 Å². The number of aryl methyl sites for hydroxylation is 1. The number of para-hydroxylation sites is 1. The second kappa shape index (κ2) is 4.31. The second-order valence-corrected chi connectivity index (χ2v) is 3.83. The molecule has 0 aliphatic carbocycles. The van der Waals surface area contributed by atoms with E-state index in [1.54, 1.807) is 0 Å². The molecule has 0 fully saturated rings. The van der Waals surface area contributed by atoms with E-state index in [0.717, 1.165) is 5.75 Å². The van der Waals surface area contributed by atoms with Gasteiger partial charge in [-0.05, 0) is 31.4 Å². The summed E-state index contributed by atoms with van der Waals surface area (Å²) in [5.41, 5.74) is 1.20. The van der Waals surface area contributed by atoms with Crippen LogP contribution in [0.3, 0.4) is 0 Å². The molecule has 0 N–H and O–H groups in total. The van der Waals surface area contributed by atoms with E-state index >= 15 is 0 Å². The Bertz CT molecular complexity index is 266. The Hall–Kier alpha value is -0.980. The maximum Gasteiger partial charge on any atom is 0.122 e. The van der Waals surface area contributed by atoms with Crippen molar-refractivity contribution in [3.8, 4) is 5.75 Å². The Morgan fingerprint density at radius 2 is 1.69 bits per heavy atom. The van der Waals surface area contributed by atoms with Gasteiger partial charge in [-0.3, -0.25) is 0 Å².